The number of nitrogens with zero attached hydrogens (tertiary/aromatic N) is 1. The molecule has 1 N–H and O–H groups in total. The second-order valence-corrected chi connectivity index (χ2v) is 5.63. The highest BCUT2D eigenvalue weighted by molar-refractivity contribution is 6.36. The lowest BCUT2D eigenvalue weighted by Crippen LogP contribution is -2.40. The van der Waals surface area contributed by atoms with E-state index >= 15 is 0 Å². The minimum Gasteiger partial charge on any atom is -0.872 e. The minimum atomic E-state index is -1.13. The van der Waals surface area contributed by atoms with Crippen molar-refractivity contribution in [2.24, 2.45) is 0 Å². The number of rotatable bonds is 2. The van der Waals surface area contributed by atoms with Crippen LogP contribution in [0.15, 0.2) is 54.6 Å². The lowest BCUT2D eigenvalue weighted by molar-refractivity contribution is -0.268. The van der Waals surface area contributed by atoms with Gasteiger partial charge < -0.3 is 10.2 Å². The van der Waals surface area contributed by atoms with Gasteiger partial charge in [0.25, 0.3) is 11.8 Å². The van der Waals surface area contributed by atoms with Crippen LogP contribution >= 0.6 is 0 Å². The van der Waals surface area contributed by atoms with E-state index in [1.54, 1.807) is 18.2 Å². The first-order chi connectivity index (χ1) is 12.0. The normalized spacial score (nSPS) is 13.4. The van der Waals surface area contributed by atoms with Crippen LogP contribution < -0.4 is 10.0 Å². The lowest BCUT2D eigenvalue weighted by Gasteiger charge is -2.27. The molecule has 0 aromatic heterocycles. The van der Waals surface area contributed by atoms with E-state index in [0.717, 1.165) is 4.90 Å². The average Bonchev–Trinajstić information content (AvgIpc) is 2.60. The fourth-order valence-corrected chi connectivity index (χ4v) is 3.11. The predicted molar refractivity (Wildman–Crippen MR) is 87.9 cm³/mol. The number of imide groups is 1. The molecule has 4 rings (SSSR count). The number of carboxylic acid groups (broad SMARTS) is 1. The van der Waals surface area contributed by atoms with Gasteiger partial charge >= 0.3 is 5.97 Å². The molecule has 3 aromatic rings. The Labute approximate surface area is 141 Å². The van der Waals surface area contributed by atoms with Crippen LogP contribution in [0.3, 0.4) is 0 Å². The average molecular weight is 332 g/mol. The van der Waals surface area contributed by atoms with Gasteiger partial charge in [-0.15, -0.1) is 5.75 Å². The topological polar surface area (TPSA) is 97.7 Å². The van der Waals surface area contributed by atoms with Gasteiger partial charge in [0.1, 0.15) is 0 Å². The Morgan fingerprint density at radius 2 is 1.52 bits per heavy atom. The van der Waals surface area contributed by atoms with Gasteiger partial charge in [0.2, 0.25) is 0 Å². The first-order valence-electron chi connectivity index (χ1n) is 7.44. The van der Waals surface area contributed by atoms with E-state index in [-0.39, 0.29) is 22.4 Å². The summed E-state index contributed by atoms with van der Waals surface area (Å²) in [7, 11) is 0. The van der Waals surface area contributed by atoms with Gasteiger partial charge in [0.15, 0.2) is 0 Å². The maximum Gasteiger partial charge on any atom is 0.336 e. The van der Waals surface area contributed by atoms with Crippen molar-refractivity contribution in [3.05, 3.63) is 71.3 Å². The summed E-state index contributed by atoms with van der Waals surface area (Å²) in [5, 5.41) is 21.3. The molecule has 2 amide bonds. The van der Waals surface area contributed by atoms with Crippen LogP contribution in [0.2, 0.25) is 0 Å². The number of aromatic carboxylic acids is 1. The molecule has 25 heavy (non-hydrogen) atoms. The van der Waals surface area contributed by atoms with Gasteiger partial charge in [0, 0.05) is 16.5 Å². The number of anilines is 1. The minimum absolute atomic E-state index is 0.0327. The quantitative estimate of drug-likeness (QED) is 0.727. The summed E-state index contributed by atoms with van der Waals surface area (Å²) >= 11 is 0. The Balaban J connectivity index is 1.99. The number of carboxylic acids is 1. The first-order valence-corrected chi connectivity index (χ1v) is 7.44. The maximum absolute atomic E-state index is 12.9. The van der Waals surface area contributed by atoms with Crippen LogP contribution in [0.4, 0.5) is 5.69 Å². The molecule has 0 aliphatic carbocycles. The largest absolute Gasteiger partial charge is 0.872 e. The number of carbonyl (C=O) groups excluding carboxylic acids is 2. The first kappa shape index (κ1) is 14.9. The van der Waals surface area contributed by atoms with Crippen molar-refractivity contribution in [2.45, 2.75) is 0 Å². The molecule has 0 unspecified atom stereocenters. The molecular formula is C19H10NO5-. The standard InChI is InChI=1S/C19H11NO5/c21-11-6-4-10(5-7-11)20-17(22)14-3-1-2-12-13(19(24)25)8-9-15(16(12)14)18(20)23/h1-9,21H,(H,24,25)/p-1. The van der Waals surface area contributed by atoms with Crippen LogP contribution in [0.5, 0.6) is 5.75 Å². The zero-order valence-corrected chi connectivity index (χ0v) is 12.7. The molecule has 3 aromatic carbocycles. The third-order valence-corrected chi connectivity index (χ3v) is 4.23. The van der Waals surface area contributed by atoms with Crippen LogP contribution in [0, 0.1) is 0 Å². The summed E-state index contributed by atoms with van der Waals surface area (Å²) in [4.78, 5) is 38.1. The molecule has 0 bridgehead atoms. The molecule has 0 atom stereocenters. The van der Waals surface area contributed by atoms with Gasteiger partial charge in [-0.2, -0.15) is 0 Å². The van der Waals surface area contributed by atoms with Crippen molar-refractivity contribution in [3.63, 3.8) is 0 Å². The van der Waals surface area contributed by atoms with Gasteiger partial charge in [-0.25, -0.2) is 9.69 Å². The molecule has 0 radical (unpaired) electrons. The Morgan fingerprint density at radius 1 is 0.880 bits per heavy atom. The highest BCUT2D eigenvalue weighted by atomic mass is 16.4. The number of benzene rings is 3. The molecule has 0 saturated heterocycles. The fraction of sp³-hybridized carbons (Fsp3) is 0. The van der Waals surface area contributed by atoms with Gasteiger partial charge in [0.05, 0.1) is 11.3 Å². The van der Waals surface area contributed by atoms with Crippen molar-refractivity contribution in [1.29, 1.82) is 0 Å². The lowest BCUT2D eigenvalue weighted by atomic mass is 9.91. The number of carbonyl (C=O) groups is 3. The van der Waals surface area contributed by atoms with Crippen LogP contribution in [0.1, 0.15) is 31.1 Å². The van der Waals surface area contributed by atoms with E-state index in [0.29, 0.717) is 16.5 Å². The van der Waals surface area contributed by atoms with Crippen molar-refractivity contribution >= 4 is 34.2 Å². The molecule has 0 spiro atoms. The third kappa shape index (κ3) is 2.08. The van der Waals surface area contributed by atoms with E-state index in [9.17, 15) is 24.6 Å². The highest BCUT2D eigenvalue weighted by Crippen LogP contribution is 2.34. The summed E-state index contributed by atoms with van der Waals surface area (Å²) in [6, 6.07) is 12.9. The molecule has 6 heteroatoms. The zero-order valence-electron chi connectivity index (χ0n) is 12.7. The molecule has 0 fully saturated rings. The number of hydrogen-bond donors (Lipinski definition) is 1. The molecule has 6 nitrogen and oxygen atoms in total. The Morgan fingerprint density at radius 3 is 2.16 bits per heavy atom. The molecule has 1 aliphatic heterocycles. The van der Waals surface area contributed by atoms with Gasteiger partial charge in [-0.05, 0) is 35.7 Å². The Hall–Kier alpha value is -3.67. The van der Waals surface area contributed by atoms with Crippen molar-refractivity contribution in [3.8, 4) is 5.75 Å². The molecule has 0 saturated carbocycles. The Bertz CT molecular complexity index is 1050. The van der Waals surface area contributed by atoms with E-state index in [4.69, 9.17) is 0 Å². The molecule has 1 aliphatic rings. The molecular weight excluding hydrogens is 322 g/mol. The van der Waals surface area contributed by atoms with Crippen molar-refractivity contribution in [2.75, 3.05) is 4.90 Å². The fourth-order valence-electron chi connectivity index (χ4n) is 3.11. The van der Waals surface area contributed by atoms with E-state index in [1.165, 1.54) is 36.4 Å². The number of amides is 2. The SMILES string of the molecule is O=C(O)c1ccc2c3c(cccc13)C(=O)N(c1ccc([O-])cc1)C2=O. The molecule has 122 valence electrons. The second kappa shape index (κ2) is 5.17. The van der Waals surface area contributed by atoms with Gasteiger partial charge in [-0.3, -0.25) is 9.59 Å². The van der Waals surface area contributed by atoms with E-state index < -0.39 is 17.8 Å². The third-order valence-electron chi connectivity index (χ3n) is 4.23. The van der Waals surface area contributed by atoms with E-state index in [1.807, 2.05) is 0 Å². The smallest absolute Gasteiger partial charge is 0.336 e. The summed E-state index contributed by atoms with van der Waals surface area (Å²) < 4.78 is 0. The molecule has 1 heterocycles. The number of hydrogen-bond acceptors (Lipinski definition) is 4. The van der Waals surface area contributed by atoms with Crippen molar-refractivity contribution < 1.29 is 24.6 Å². The summed E-state index contributed by atoms with van der Waals surface area (Å²) in [6.07, 6.45) is 0. The van der Waals surface area contributed by atoms with Gasteiger partial charge in [-0.1, -0.05) is 24.3 Å². The monoisotopic (exact) mass is 332 g/mol. The summed E-state index contributed by atoms with van der Waals surface area (Å²) in [5.41, 5.74) is 0.827. The highest BCUT2D eigenvalue weighted by Gasteiger charge is 2.34. The van der Waals surface area contributed by atoms with Crippen molar-refractivity contribution in [1.82, 2.24) is 0 Å². The van der Waals surface area contributed by atoms with Crippen LogP contribution in [-0.2, 0) is 0 Å². The predicted octanol–water partition coefficient (Wildman–Crippen LogP) is 2.41. The summed E-state index contributed by atoms with van der Waals surface area (Å²) in [5.74, 6) is -2.46. The van der Waals surface area contributed by atoms with Crippen LogP contribution in [0.25, 0.3) is 10.8 Å². The zero-order chi connectivity index (χ0) is 17.7. The maximum atomic E-state index is 12.9. The Kier molecular flexibility index (Phi) is 3.08. The van der Waals surface area contributed by atoms with Crippen LogP contribution in [-0.4, -0.2) is 22.9 Å². The summed E-state index contributed by atoms with van der Waals surface area (Å²) in [6.45, 7) is 0. The second-order valence-electron chi connectivity index (χ2n) is 5.63. The van der Waals surface area contributed by atoms with E-state index in [2.05, 4.69) is 0 Å².